The summed E-state index contributed by atoms with van der Waals surface area (Å²) in [7, 11) is 0. The molecular weight excluding hydrogens is 114 g/mol. The number of nitrogens with two attached hydrogens (primary N) is 1. The van der Waals surface area contributed by atoms with E-state index in [2.05, 4.69) is 0 Å². The lowest BCUT2D eigenvalue weighted by Gasteiger charge is -2.29. The van der Waals surface area contributed by atoms with Crippen molar-refractivity contribution in [1.82, 2.24) is 0 Å². The second kappa shape index (κ2) is 2.67. The normalized spacial score (nSPS) is 19.3. The first-order valence-electron chi connectivity index (χ1n) is 3.29. The van der Waals surface area contributed by atoms with E-state index in [-0.39, 0.29) is 11.5 Å². The number of rotatable bonds is 1. The fraction of sp³-hybridized carbons (Fsp3) is 1.00. The van der Waals surface area contributed by atoms with Gasteiger partial charge in [-0.2, -0.15) is 0 Å². The zero-order valence-electron chi connectivity index (χ0n) is 6.68. The number of hydrogen-bond acceptors (Lipinski definition) is 2. The molecule has 56 valence electrons. The quantitative estimate of drug-likeness (QED) is 0.551. The van der Waals surface area contributed by atoms with Crippen molar-refractivity contribution in [2.24, 2.45) is 11.1 Å². The van der Waals surface area contributed by atoms with Crippen LogP contribution < -0.4 is 5.73 Å². The Morgan fingerprint density at radius 1 is 1.33 bits per heavy atom. The summed E-state index contributed by atoms with van der Waals surface area (Å²) in [5.41, 5.74) is 5.65. The lowest BCUT2D eigenvalue weighted by atomic mass is 9.85. The third-order valence-electron chi connectivity index (χ3n) is 1.52. The van der Waals surface area contributed by atoms with Crippen LogP contribution in [0.25, 0.3) is 0 Å². The Bertz CT molecular complexity index is 83.4. The van der Waals surface area contributed by atoms with Gasteiger partial charge in [0.25, 0.3) is 0 Å². The zero-order valence-corrected chi connectivity index (χ0v) is 6.68. The molecule has 0 aliphatic heterocycles. The molecule has 3 N–H and O–H groups in total. The van der Waals surface area contributed by atoms with Gasteiger partial charge >= 0.3 is 0 Å². The van der Waals surface area contributed by atoms with Gasteiger partial charge in [-0.25, -0.2) is 0 Å². The van der Waals surface area contributed by atoms with Crippen molar-refractivity contribution >= 4 is 0 Å². The van der Waals surface area contributed by atoms with Crippen LogP contribution >= 0.6 is 0 Å². The molecule has 1 unspecified atom stereocenters. The molecule has 0 fully saturated rings. The van der Waals surface area contributed by atoms with E-state index < -0.39 is 6.10 Å². The summed E-state index contributed by atoms with van der Waals surface area (Å²) in [6.07, 6.45) is -0.412. The maximum Gasteiger partial charge on any atom is 0.0668 e. The molecule has 0 saturated heterocycles. The van der Waals surface area contributed by atoms with Gasteiger partial charge in [-0.3, -0.25) is 0 Å². The van der Waals surface area contributed by atoms with Crippen LogP contribution in [0.3, 0.4) is 0 Å². The fourth-order valence-electron chi connectivity index (χ4n) is 0.724. The van der Waals surface area contributed by atoms with Gasteiger partial charge in [0, 0.05) is 6.04 Å². The van der Waals surface area contributed by atoms with Crippen LogP contribution in [-0.2, 0) is 0 Å². The lowest BCUT2D eigenvalue weighted by molar-refractivity contribution is 0.108. The molecule has 0 radical (unpaired) electrons. The first-order chi connectivity index (χ1) is 3.85. The highest BCUT2D eigenvalue weighted by Gasteiger charge is 2.24. The van der Waals surface area contributed by atoms with Crippen molar-refractivity contribution in [2.75, 3.05) is 0 Å². The zero-order chi connectivity index (χ0) is 7.65. The van der Waals surface area contributed by atoms with Gasteiger partial charge in [0.1, 0.15) is 0 Å². The third-order valence-corrected chi connectivity index (χ3v) is 1.52. The van der Waals surface area contributed by atoms with E-state index in [1.54, 1.807) is 6.92 Å². The number of aliphatic hydroxyl groups excluding tert-OH is 1. The van der Waals surface area contributed by atoms with Gasteiger partial charge < -0.3 is 10.8 Å². The minimum atomic E-state index is -0.412. The standard InChI is InChI=1S/C7H17NO/c1-5(9)6(8)7(2,3)4/h5-6,9H,8H2,1-4H3/t5?,6-/m0/s1. The van der Waals surface area contributed by atoms with Crippen LogP contribution in [0.5, 0.6) is 0 Å². The molecule has 2 heteroatoms. The molecule has 2 nitrogen and oxygen atoms in total. The van der Waals surface area contributed by atoms with Gasteiger partial charge in [-0.1, -0.05) is 20.8 Å². The number of hydrogen-bond donors (Lipinski definition) is 2. The monoisotopic (exact) mass is 131 g/mol. The summed E-state index contributed by atoms with van der Waals surface area (Å²) < 4.78 is 0. The molecule has 0 aromatic rings. The Balaban J connectivity index is 3.88. The molecule has 0 aliphatic rings. The van der Waals surface area contributed by atoms with E-state index in [1.807, 2.05) is 20.8 Å². The van der Waals surface area contributed by atoms with E-state index in [1.165, 1.54) is 0 Å². The highest BCUT2D eigenvalue weighted by Crippen LogP contribution is 2.19. The van der Waals surface area contributed by atoms with E-state index in [9.17, 15) is 0 Å². The lowest BCUT2D eigenvalue weighted by Crippen LogP contribution is -2.43. The first-order valence-corrected chi connectivity index (χ1v) is 3.29. The van der Waals surface area contributed by atoms with Crippen LogP contribution in [0.2, 0.25) is 0 Å². The smallest absolute Gasteiger partial charge is 0.0668 e. The molecule has 0 aromatic carbocycles. The van der Waals surface area contributed by atoms with Crippen LogP contribution in [0.4, 0.5) is 0 Å². The molecule has 0 aliphatic carbocycles. The van der Waals surface area contributed by atoms with E-state index in [0.717, 1.165) is 0 Å². The largest absolute Gasteiger partial charge is 0.392 e. The Morgan fingerprint density at radius 2 is 1.67 bits per heavy atom. The van der Waals surface area contributed by atoms with E-state index in [4.69, 9.17) is 10.8 Å². The van der Waals surface area contributed by atoms with Gasteiger partial charge in [0.2, 0.25) is 0 Å². The SMILES string of the molecule is CC(O)[C@H](N)C(C)(C)C. The third kappa shape index (κ3) is 2.82. The topological polar surface area (TPSA) is 46.2 Å². The highest BCUT2D eigenvalue weighted by molar-refractivity contribution is 4.80. The maximum atomic E-state index is 9.03. The molecule has 0 amide bonds. The van der Waals surface area contributed by atoms with Crippen molar-refractivity contribution in [3.05, 3.63) is 0 Å². The predicted octanol–water partition coefficient (Wildman–Crippen LogP) is 0.741. The van der Waals surface area contributed by atoms with E-state index >= 15 is 0 Å². The van der Waals surface area contributed by atoms with Crippen LogP contribution in [0.1, 0.15) is 27.7 Å². The predicted molar refractivity (Wildman–Crippen MR) is 39.1 cm³/mol. The first kappa shape index (κ1) is 8.92. The summed E-state index contributed by atoms with van der Waals surface area (Å²) in [6.45, 7) is 7.77. The van der Waals surface area contributed by atoms with Crippen molar-refractivity contribution in [1.29, 1.82) is 0 Å². The number of aliphatic hydroxyl groups is 1. The van der Waals surface area contributed by atoms with Crippen molar-refractivity contribution in [2.45, 2.75) is 39.8 Å². The molecule has 0 saturated carbocycles. The molecular formula is C7H17NO. The Hall–Kier alpha value is -0.0800. The van der Waals surface area contributed by atoms with Gasteiger partial charge in [-0.05, 0) is 12.3 Å². The molecule has 0 aromatic heterocycles. The Morgan fingerprint density at radius 3 is 1.67 bits per heavy atom. The highest BCUT2D eigenvalue weighted by atomic mass is 16.3. The van der Waals surface area contributed by atoms with E-state index in [0.29, 0.717) is 0 Å². The summed E-state index contributed by atoms with van der Waals surface area (Å²) in [6, 6.07) is -0.127. The molecule has 0 spiro atoms. The molecule has 2 atom stereocenters. The van der Waals surface area contributed by atoms with Gasteiger partial charge in [0.15, 0.2) is 0 Å². The summed E-state index contributed by atoms with van der Waals surface area (Å²) >= 11 is 0. The average molecular weight is 131 g/mol. The minimum absolute atomic E-state index is 0.00810. The molecule has 9 heavy (non-hydrogen) atoms. The average Bonchev–Trinajstić information content (AvgIpc) is 1.62. The maximum absolute atomic E-state index is 9.03. The van der Waals surface area contributed by atoms with Gasteiger partial charge in [0.05, 0.1) is 6.10 Å². The second-order valence-electron chi connectivity index (χ2n) is 3.63. The van der Waals surface area contributed by atoms with Crippen molar-refractivity contribution in [3.63, 3.8) is 0 Å². The van der Waals surface area contributed by atoms with Crippen LogP contribution in [-0.4, -0.2) is 17.3 Å². The summed E-state index contributed by atoms with van der Waals surface area (Å²) in [5.74, 6) is 0. The van der Waals surface area contributed by atoms with Crippen molar-refractivity contribution in [3.8, 4) is 0 Å². The Kier molecular flexibility index (Phi) is 2.65. The molecule has 0 heterocycles. The Labute approximate surface area is 57.1 Å². The molecule has 0 bridgehead atoms. The second-order valence-corrected chi connectivity index (χ2v) is 3.63. The van der Waals surface area contributed by atoms with Crippen molar-refractivity contribution < 1.29 is 5.11 Å². The van der Waals surface area contributed by atoms with Gasteiger partial charge in [-0.15, -0.1) is 0 Å². The summed E-state index contributed by atoms with van der Waals surface area (Å²) in [5, 5.41) is 9.03. The van der Waals surface area contributed by atoms with Crippen LogP contribution in [0.15, 0.2) is 0 Å². The minimum Gasteiger partial charge on any atom is -0.392 e. The van der Waals surface area contributed by atoms with Crippen LogP contribution in [0, 0.1) is 5.41 Å². The summed E-state index contributed by atoms with van der Waals surface area (Å²) in [4.78, 5) is 0. The fourth-order valence-corrected chi connectivity index (χ4v) is 0.724. The molecule has 0 rings (SSSR count).